The van der Waals surface area contributed by atoms with Gasteiger partial charge in [0, 0.05) is 0 Å². The monoisotopic (exact) mass is 128 g/mol. The average Bonchev–Trinajstić information content (AvgIpc) is 1.38. The summed E-state index contributed by atoms with van der Waals surface area (Å²) in [6.45, 7) is 0. The van der Waals surface area contributed by atoms with Gasteiger partial charge in [0.05, 0.1) is 0 Å². The maximum Gasteiger partial charge on any atom is -0.206 e. The van der Waals surface area contributed by atoms with Gasteiger partial charge in [0.15, 0.2) is 0 Å². The fourth-order valence-corrected chi connectivity index (χ4v) is 0. The van der Waals surface area contributed by atoms with Gasteiger partial charge in [0.1, 0.15) is 0 Å². The van der Waals surface area contributed by atoms with E-state index in [1.165, 1.54) is 0 Å². The zero-order valence-electron chi connectivity index (χ0n) is 2.21. The summed E-state index contributed by atoms with van der Waals surface area (Å²) in [7, 11) is -0.878. The van der Waals surface area contributed by atoms with Crippen LogP contribution in [0.1, 0.15) is 0 Å². The largest absolute Gasteiger partial charge is 0.391 e. The lowest BCUT2D eigenvalue weighted by Gasteiger charge is -1.90. The first-order chi connectivity index (χ1) is 2.27. The summed E-state index contributed by atoms with van der Waals surface area (Å²) in [6.07, 6.45) is 0. The van der Waals surface area contributed by atoms with Crippen LogP contribution in [0.15, 0.2) is 0 Å². The fraction of sp³-hybridized carbons (Fsp3) is 0. The Morgan fingerprint density at radius 3 is 1.80 bits per heavy atom. The molecule has 0 saturated carbocycles. The summed E-state index contributed by atoms with van der Waals surface area (Å²) >= 11 is 8.55. The van der Waals surface area contributed by atoms with E-state index < -0.39 is 8.29 Å². The first kappa shape index (κ1) is 5.71. The lowest BCUT2D eigenvalue weighted by atomic mass is 13.6. The zero-order valence-corrected chi connectivity index (χ0v) is 4.66. The van der Waals surface area contributed by atoms with Gasteiger partial charge in [0.2, 0.25) is 0 Å². The van der Waals surface area contributed by atoms with E-state index in [1.807, 2.05) is 0 Å². The zero-order chi connectivity index (χ0) is 4.28. The van der Waals surface area contributed by atoms with Crippen LogP contribution in [0, 0.1) is 0 Å². The molecule has 0 heterocycles. The summed E-state index contributed by atoms with van der Waals surface area (Å²) in [5.41, 5.74) is 0. The predicted octanol–water partition coefficient (Wildman–Crippen LogP) is -0.666. The Morgan fingerprint density at radius 1 is 1.60 bits per heavy atom. The molecule has 0 bridgehead atoms. The molecule has 2 nitrogen and oxygen atoms in total. The van der Waals surface area contributed by atoms with Crippen molar-refractivity contribution in [2.24, 2.45) is 5.90 Å². The van der Waals surface area contributed by atoms with E-state index in [9.17, 15) is 0 Å². The van der Waals surface area contributed by atoms with E-state index in [0.29, 0.717) is 0 Å². The van der Waals surface area contributed by atoms with Crippen LogP contribution in [0.3, 0.4) is 0 Å². The summed E-state index contributed by atoms with van der Waals surface area (Å²) < 4.78 is 3.91. The van der Waals surface area contributed by atoms with E-state index in [-0.39, 0.29) is 0 Å². The van der Waals surface area contributed by atoms with E-state index in [0.717, 1.165) is 0 Å². The number of nitrogens with two attached hydrogens (primary N) is 1. The third-order valence-corrected chi connectivity index (χ3v) is 0.707. The van der Waals surface area contributed by atoms with Gasteiger partial charge >= 0.3 is 0 Å². The number of rotatable bonds is 1. The normalized spacial score (nSPS) is 9.20. The van der Waals surface area contributed by atoms with Crippen molar-refractivity contribution in [3.05, 3.63) is 0 Å². The quantitative estimate of drug-likeness (QED) is 0.375. The van der Waals surface area contributed by atoms with Crippen LogP contribution in [0.5, 0.6) is 0 Å². The van der Waals surface area contributed by atoms with Crippen molar-refractivity contribution in [2.75, 3.05) is 0 Å². The summed E-state index contributed by atoms with van der Waals surface area (Å²) in [5, 5.41) is 0. The first-order valence-electron chi connectivity index (χ1n) is 0.736. The molecule has 0 saturated heterocycles. The van der Waals surface area contributed by atoms with Gasteiger partial charge in [-0.2, -0.15) is 0 Å². The molecule has 0 spiro atoms. The highest BCUT2D eigenvalue weighted by Gasteiger charge is 1.34. The molecule has 32 valence electrons. The van der Waals surface area contributed by atoms with Gasteiger partial charge in [-0.3, -0.25) is 0 Å². The highest BCUT2D eigenvalue weighted by molar-refractivity contribution is 8.44. The lowest BCUT2D eigenvalue weighted by molar-refractivity contribution is 0.401. The molecule has 5 heteroatoms. The van der Waals surface area contributed by atoms with Crippen LogP contribution in [0.4, 0.5) is 0 Å². The fourth-order valence-electron chi connectivity index (χ4n) is 0. The van der Waals surface area contributed by atoms with Crippen molar-refractivity contribution in [1.29, 1.82) is 0 Å². The molecule has 0 aromatic carbocycles. The number of hydrogen-bond acceptors (Lipinski definition) is 5. The lowest BCUT2D eigenvalue weighted by Crippen LogP contribution is -1.91. The molecule has 0 radical (unpaired) electrons. The minimum Gasteiger partial charge on any atom is -0.391 e. The molecule has 0 aliphatic carbocycles. The molecule has 0 atom stereocenters. The molecule has 0 amide bonds. The van der Waals surface area contributed by atoms with E-state index in [2.05, 4.69) is 32.6 Å². The average molecular weight is 128 g/mol. The second-order valence-corrected chi connectivity index (χ2v) is 3.35. The van der Waals surface area contributed by atoms with Crippen molar-refractivity contribution in [3.8, 4) is 0 Å². The van der Waals surface area contributed by atoms with Crippen LogP contribution < -0.4 is 5.90 Å². The maximum atomic E-state index is 4.48. The van der Waals surface area contributed by atoms with Crippen LogP contribution in [-0.4, -0.2) is 0 Å². The molecular formula is H2NOS3-. The molecule has 0 aromatic heterocycles. The summed E-state index contributed by atoms with van der Waals surface area (Å²) in [4.78, 5) is 0. The van der Waals surface area contributed by atoms with Crippen molar-refractivity contribution < 1.29 is 4.28 Å². The van der Waals surface area contributed by atoms with E-state index in [4.69, 9.17) is 0 Å². The van der Waals surface area contributed by atoms with E-state index >= 15 is 0 Å². The Hall–Kier alpha value is 0.710. The smallest absolute Gasteiger partial charge is 0.206 e. The van der Waals surface area contributed by atoms with Crippen molar-refractivity contribution in [3.63, 3.8) is 0 Å². The van der Waals surface area contributed by atoms with E-state index in [1.54, 1.807) is 0 Å². The maximum absolute atomic E-state index is 4.48. The standard InChI is InChI=1S/H2NOS3/c1-2-5(3)4/h1H2/q-1. The van der Waals surface area contributed by atoms with Crippen molar-refractivity contribution in [1.82, 2.24) is 0 Å². The van der Waals surface area contributed by atoms with Crippen LogP contribution >= 0.6 is 0 Å². The Balaban J connectivity index is 3.23. The van der Waals surface area contributed by atoms with Crippen molar-refractivity contribution >= 4 is 30.7 Å². The van der Waals surface area contributed by atoms with Crippen LogP contribution in [0.2, 0.25) is 0 Å². The first-order valence-corrected chi connectivity index (χ1v) is 3.74. The molecule has 0 aromatic rings. The molecule has 0 rings (SSSR count). The Labute approximate surface area is 41.3 Å². The highest BCUT2D eigenvalue weighted by Crippen LogP contribution is 1.51. The third kappa shape index (κ3) is 4.71. The summed E-state index contributed by atoms with van der Waals surface area (Å²) in [6, 6.07) is 0. The molecule has 0 unspecified atom stereocenters. The Bertz CT molecular complexity index is 65.0. The highest BCUT2D eigenvalue weighted by atomic mass is 33.1. The molecule has 5 heavy (non-hydrogen) atoms. The van der Waals surface area contributed by atoms with Gasteiger partial charge in [-0.15, -0.1) is 0 Å². The molecule has 2 N–H and O–H groups in total. The van der Waals surface area contributed by atoms with Crippen LogP contribution in [-0.2, 0) is 35.0 Å². The topological polar surface area (TPSA) is 35.2 Å². The molecule has 0 fully saturated rings. The van der Waals surface area contributed by atoms with Gasteiger partial charge in [-0.05, 0) is 0 Å². The summed E-state index contributed by atoms with van der Waals surface area (Å²) in [5.74, 6) is 4.48. The van der Waals surface area contributed by atoms with Gasteiger partial charge in [-0.25, -0.2) is 36.6 Å². The third-order valence-electron chi connectivity index (χ3n) is 0.0786. The number of hydrogen-bond donors (Lipinski definition) is 1. The predicted molar refractivity (Wildman–Crippen MR) is 27.4 cm³/mol. The van der Waals surface area contributed by atoms with Gasteiger partial charge < -0.3 is 4.28 Å². The minimum absolute atomic E-state index is 0.878. The second-order valence-electron chi connectivity index (χ2n) is 0.300. The molecule has 0 aliphatic heterocycles. The van der Waals surface area contributed by atoms with Gasteiger partial charge in [-0.1, -0.05) is 0 Å². The van der Waals surface area contributed by atoms with Crippen molar-refractivity contribution in [2.45, 2.75) is 0 Å². The van der Waals surface area contributed by atoms with Crippen LogP contribution in [0.25, 0.3) is 0 Å². The SMILES string of the molecule is NO[S-](=S)=S. The Kier molecular flexibility index (Phi) is 3.34. The Morgan fingerprint density at radius 2 is 1.80 bits per heavy atom. The second kappa shape index (κ2) is 2.92. The van der Waals surface area contributed by atoms with Gasteiger partial charge in [0.25, 0.3) is 0 Å². The minimum atomic E-state index is -0.878. The molecular weight excluding hydrogens is 126 g/mol. The molecule has 0 aliphatic rings.